The summed E-state index contributed by atoms with van der Waals surface area (Å²) in [5.41, 5.74) is 0. The predicted molar refractivity (Wildman–Crippen MR) is 43.8 cm³/mol. The van der Waals surface area contributed by atoms with Gasteiger partial charge < -0.3 is 10.1 Å². The topological polar surface area (TPSA) is 84.8 Å². The van der Waals surface area contributed by atoms with E-state index in [1.54, 1.807) is 0 Å². The van der Waals surface area contributed by atoms with Crippen LogP contribution in [0.3, 0.4) is 0 Å². The number of aromatic nitrogens is 2. The third kappa shape index (κ3) is 1.82. The number of nitrogens with zero attached hydrogens (tertiary/aromatic N) is 4. The van der Waals surface area contributed by atoms with E-state index >= 15 is 0 Å². The van der Waals surface area contributed by atoms with Crippen LogP contribution in [0.2, 0.25) is 0 Å². The maximum atomic E-state index is 10.3. The SMILES string of the molecule is CCC(C#N)n1ccc([N+](=O)[O-])n1. The van der Waals surface area contributed by atoms with E-state index in [2.05, 4.69) is 5.10 Å². The standard InChI is InChI=1S/C7H8N4O2/c1-2-6(5-8)10-4-3-7(9-10)11(12)13/h3-4,6H,2H2,1H3. The summed E-state index contributed by atoms with van der Waals surface area (Å²) in [7, 11) is 0. The Morgan fingerprint density at radius 1 is 1.92 bits per heavy atom. The van der Waals surface area contributed by atoms with Crippen LogP contribution in [0.25, 0.3) is 0 Å². The molecule has 1 atom stereocenters. The van der Waals surface area contributed by atoms with Crippen LogP contribution in [0.15, 0.2) is 12.3 Å². The van der Waals surface area contributed by atoms with Gasteiger partial charge in [0.05, 0.1) is 23.4 Å². The summed E-state index contributed by atoms with van der Waals surface area (Å²) >= 11 is 0. The van der Waals surface area contributed by atoms with Gasteiger partial charge in [0, 0.05) is 0 Å². The van der Waals surface area contributed by atoms with Crippen molar-refractivity contribution in [3.63, 3.8) is 0 Å². The molecule has 0 aliphatic rings. The van der Waals surface area contributed by atoms with Gasteiger partial charge in [0.25, 0.3) is 0 Å². The summed E-state index contributed by atoms with van der Waals surface area (Å²) < 4.78 is 1.30. The molecule has 0 aromatic carbocycles. The largest absolute Gasteiger partial charge is 0.389 e. The first-order valence-corrected chi connectivity index (χ1v) is 3.78. The lowest BCUT2D eigenvalue weighted by atomic mass is 10.3. The van der Waals surface area contributed by atoms with E-state index in [1.165, 1.54) is 16.9 Å². The fourth-order valence-electron chi connectivity index (χ4n) is 0.936. The van der Waals surface area contributed by atoms with Crippen molar-refractivity contribution in [3.05, 3.63) is 22.4 Å². The van der Waals surface area contributed by atoms with Crippen LogP contribution in [0.1, 0.15) is 19.4 Å². The molecule has 0 aliphatic heterocycles. The predicted octanol–water partition coefficient (Wildman–Crippen LogP) is 1.27. The van der Waals surface area contributed by atoms with Crippen LogP contribution >= 0.6 is 0 Å². The Labute approximate surface area is 74.5 Å². The van der Waals surface area contributed by atoms with E-state index in [0.29, 0.717) is 6.42 Å². The highest BCUT2D eigenvalue weighted by Crippen LogP contribution is 2.12. The van der Waals surface area contributed by atoms with Crippen LogP contribution in [0.5, 0.6) is 0 Å². The van der Waals surface area contributed by atoms with Gasteiger partial charge in [-0.1, -0.05) is 6.92 Å². The van der Waals surface area contributed by atoms with Crippen LogP contribution in [0, 0.1) is 21.4 Å². The molecule has 0 aliphatic carbocycles. The molecule has 0 N–H and O–H groups in total. The molecule has 0 bridgehead atoms. The fourth-order valence-corrected chi connectivity index (χ4v) is 0.936. The molecule has 6 heteroatoms. The summed E-state index contributed by atoms with van der Waals surface area (Å²) in [6.45, 7) is 1.82. The quantitative estimate of drug-likeness (QED) is 0.517. The molecule has 0 radical (unpaired) electrons. The maximum absolute atomic E-state index is 10.3. The second kappa shape index (κ2) is 3.67. The van der Waals surface area contributed by atoms with Crippen molar-refractivity contribution in [2.75, 3.05) is 0 Å². The Balaban J connectivity index is 2.92. The van der Waals surface area contributed by atoms with Gasteiger partial charge in [0.1, 0.15) is 0 Å². The number of hydrogen-bond acceptors (Lipinski definition) is 4. The molecule has 1 unspecified atom stereocenters. The van der Waals surface area contributed by atoms with Crippen LogP contribution in [0.4, 0.5) is 5.82 Å². The molecule has 68 valence electrons. The van der Waals surface area contributed by atoms with Crippen molar-refractivity contribution in [2.45, 2.75) is 19.4 Å². The Morgan fingerprint density at radius 3 is 3.00 bits per heavy atom. The first-order chi connectivity index (χ1) is 6.19. The van der Waals surface area contributed by atoms with Gasteiger partial charge in [0.15, 0.2) is 6.04 Å². The molecule has 0 saturated heterocycles. The molecule has 0 spiro atoms. The summed E-state index contributed by atoms with van der Waals surface area (Å²) in [4.78, 5) is 9.68. The molecule has 13 heavy (non-hydrogen) atoms. The van der Waals surface area contributed by atoms with Crippen molar-refractivity contribution in [2.24, 2.45) is 0 Å². The van der Waals surface area contributed by atoms with Crippen molar-refractivity contribution in [1.82, 2.24) is 9.78 Å². The minimum absolute atomic E-state index is 0.228. The Kier molecular flexibility index (Phi) is 2.59. The highest BCUT2D eigenvalue weighted by atomic mass is 16.6. The molecular weight excluding hydrogens is 172 g/mol. The number of nitro groups is 1. The van der Waals surface area contributed by atoms with Gasteiger partial charge in [0.2, 0.25) is 0 Å². The lowest BCUT2D eigenvalue weighted by Gasteiger charge is -1.99. The molecule has 0 amide bonds. The van der Waals surface area contributed by atoms with Crippen molar-refractivity contribution in [3.8, 4) is 6.07 Å². The highest BCUT2D eigenvalue weighted by Gasteiger charge is 2.16. The number of rotatable bonds is 3. The number of hydrogen-bond donors (Lipinski definition) is 0. The third-order valence-corrected chi connectivity index (χ3v) is 1.64. The van der Waals surface area contributed by atoms with E-state index in [4.69, 9.17) is 5.26 Å². The molecule has 1 heterocycles. The normalized spacial score (nSPS) is 12.0. The average Bonchev–Trinajstić information content (AvgIpc) is 2.56. The highest BCUT2D eigenvalue weighted by molar-refractivity contribution is 5.15. The zero-order valence-corrected chi connectivity index (χ0v) is 7.04. The van der Waals surface area contributed by atoms with Gasteiger partial charge in [-0.2, -0.15) is 9.94 Å². The van der Waals surface area contributed by atoms with Crippen LogP contribution < -0.4 is 0 Å². The lowest BCUT2D eigenvalue weighted by Crippen LogP contribution is -2.06. The summed E-state index contributed by atoms with van der Waals surface area (Å²) in [6.07, 6.45) is 2.02. The summed E-state index contributed by atoms with van der Waals surface area (Å²) in [6, 6.07) is 2.85. The Morgan fingerprint density at radius 2 is 2.62 bits per heavy atom. The monoisotopic (exact) mass is 180 g/mol. The van der Waals surface area contributed by atoms with E-state index in [1.807, 2.05) is 13.0 Å². The maximum Gasteiger partial charge on any atom is 0.389 e. The van der Waals surface area contributed by atoms with Crippen molar-refractivity contribution in [1.29, 1.82) is 5.26 Å². The molecule has 1 aromatic heterocycles. The van der Waals surface area contributed by atoms with Gasteiger partial charge in [-0.25, -0.2) is 0 Å². The molecular formula is C7H8N4O2. The van der Waals surface area contributed by atoms with Gasteiger partial charge in [-0.3, -0.25) is 0 Å². The molecule has 1 aromatic rings. The summed E-state index contributed by atoms with van der Waals surface area (Å²) in [5, 5.41) is 22.6. The average molecular weight is 180 g/mol. The van der Waals surface area contributed by atoms with Gasteiger partial charge in [-0.15, -0.1) is 0 Å². The van der Waals surface area contributed by atoms with E-state index in [-0.39, 0.29) is 5.82 Å². The zero-order valence-electron chi connectivity index (χ0n) is 7.04. The van der Waals surface area contributed by atoms with Crippen LogP contribution in [-0.4, -0.2) is 14.7 Å². The molecule has 1 rings (SSSR count). The Bertz CT molecular complexity index is 352. The lowest BCUT2D eigenvalue weighted by molar-refractivity contribution is -0.389. The second-order valence-electron chi connectivity index (χ2n) is 2.46. The van der Waals surface area contributed by atoms with Gasteiger partial charge in [-0.05, 0) is 11.3 Å². The molecule has 6 nitrogen and oxygen atoms in total. The smallest absolute Gasteiger partial charge is 0.358 e. The fraction of sp³-hybridized carbons (Fsp3) is 0.429. The molecule has 0 fully saturated rings. The Hall–Kier alpha value is -1.90. The van der Waals surface area contributed by atoms with E-state index < -0.39 is 11.0 Å². The first-order valence-electron chi connectivity index (χ1n) is 3.78. The van der Waals surface area contributed by atoms with Crippen molar-refractivity contribution < 1.29 is 4.92 Å². The van der Waals surface area contributed by atoms with Crippen molar-refractivity contribution >= 4 is 5.82 Å². The molecule has 0 saturated carbocycles. The van der Waals surface area contributed by atoms with E-state index in [9.17, 15) is 10.1 Å². The first kappa shape index (κ1) is 9.19. The zero-order chi connectivity index (χ0) is 9.84. The minimum Gasteiger partial charge on any atom is -0.358 e. The van der Waals surface area contributed by atoms with E-state index in [0.717, 1.165) is 0 Å². The second-order valence-corrected chi connectivity index (χ2v) is 2.46. The third-order valence-electron chi connectivity index (χ3n) is 1.64. The number of nitriles is 1. The van der Waals surface area contributed by atoms with Gasteiger partial charge >= 0.3 is 5.82 Å². The van der Waals surface area contributed by atoms with Crippen LogP contribution in [-0.2, 0) is 0 Å². The summed E-state index contributed by atoms with van der Waals surface area (Å²) in [5.74, 6) is -0.228. The minimum atomic E-state index is -0.583.